The van der Waals surface area contributed by atoms with Crippen molar-refractivity contribution in [3.8, 4) is 6.07 Å². The highest BCUT2D eigenvalue weighted by Crippen LogP contribution is 1.99. The Balaban J connectivity index is 4.34. The van der Waals surface area contributed by atoms with E-state index in [4.69, 9.17) is 5.26 Å². The molecule has 0 atom stereocenters. The second kappa shape index (κ2) is 5.95. The molecule has 0 aromatic rings. The Bertz CT molecular complexity index is 415. The molecule has 0 saturated carbocycles. The molecule has 7 heteroatoms. The van der Waals surface area contributed by atoms with E-state index in [1.165, 1.54) is 0 Å². The van der Waals surface area contributed by atoms with Gasteiger partial charge in [-0.05, 0) is 0 Å². The van der Waals surface area contributed by atoms with Crippen molar-refractivity contribution in [1.82, 2.24) is 0 Å². The zero-order valence-electron chi connectivity index (χ0n) is 7.97. The van der Waals surface area contributed by atoms with Crippen LogP contribution in [0.15, 0.2) is 23.6 Å². The van der Waals surface area contributed by atoms with E-state index >= 15 is 0 Å². The van der Waals surface area contributed by atoms with E-state index in [0.717, 1.165) is 7.11 Å². The van der Waals surface area contributed by atoms with Crippen LogP contribution in [0.2, 0.25) is 0 Å². The van der Waals surface area contributed by atoms with Crippen molar-refractivity contribution in [2.45, 2.75) is 0 Å². The van der Waals surface area contributed by atoms with E-state index in [-0.39, 0.29) is 5.57 Å². The van der Waals surface area contributed by atoms with Gasteiger partial charge < -0.3 is 4.74 Å². The average molecular weight is 231 g/mol. The molecule has 0 heterocycles. The summed E-state index contributed by atoms with van der Waals surface area (Å²) in [6.07, 6.45) is 0.699. The van der Waals surface area contributed by atoms with Gasteiger partial charge >= 0.3 is 5.97 Å². The number of ether oxygens (including phenoxy) is 1. The Hall–Kier alpha value is -1.65. The second-order valence-corrected chi connectivity index (χ2v) is 3.79. The van der Waals surface area contributed by atoms with Crippen molar-refractivity contribution in [3.63, 3.8) is 0 Å². The molecule has 0 radical (unpaired) electrons. The van der Waals surface area contributed by atoms with Crippen LogP contribution in [-0.2, 0) is 23.8 Å². The van der Waals surface area contributed by atoms with Crippen molar-refractivity contribution < 1.29 is 22.1 Å². The lowest BCUT2D eigenvalue weighted by Crippen LogP contribution is -2.05. The normalized spacial score (nSPS) is 10.9. The van der Waals surface area contributed by atoms with Gasteiger partial charge in [0.15, 0.2) is 0 Å². The molecule has 0 unspecified atom stereocenters. The highest BCUT2D eigenvalue weighted by atomic mass is 32.2. The number of nitriles is 1. The fraction of sp³-hybridized carbons (Fsp3) is 0.250. The monoisotopic (exact) mass is 231 g/mol. The van der Waals surface area contributed by atoms with Crippen LogP contribution in [0.25, 0.3) is 0 Å². The first-order valence-electron chi connectivity index (χ1n) is 3.64. The van der Waals surface area contributed by atoms with Gasteiger partial charge in [0.25, 0.3) is 10.1 Å². The molecule has 0 aliphatic carbocycles. The van der Waals surface area contributed by atoms with Crippen LogP contribution in [0.1, 0.15) is 0 Å². The van der Waals surface area contributed by atoms with Gasteiger partial charge in [0.1, 0.15) is 6.61 Å². The summed E-state index contributed by atoms with van der Waals surface area (Å²) in [5.41, 5.74) is -0.0370. The third-order valence-electron chi connectivity index (χ3n) is 1.13. The molecule has 0 amide bonds. The van der Waals surface area contributed by atoms with Crippen LogP contribution in [-0.4, -0.2) is 28.1 Å². The molecule has 0 rings (SSSR count). The van der Waals surface area contributed by atoms with Crippen LogP contribution in [0.5, 0.6) is 0 Å². The number of esters is 1. The molecule has 15 heavy (non-hydrogen) atoms. The Kier molecular flexibility index (Phi) is 5.30. The Labute approximate surface area is 87.5 Å². The molecule has 0 fully saturated rings. The lowest BCUT2D eigenvalue weighted by Gasteiger charge is -1.98. The molecule has 0 aromatic heterocycles. The predicted octanol–water partition coefficient (Wildman–Crippen LogP) is 0.0993. The Morgan fingerprint density at radius 2 is 2.20 bits per heavy atom. The summed E-state index contributed by atoms with van der Waals surface area (Å²) in [4.78, 5) is 10.6. The summed E-state index contributed by atoms with van der Waals surface area (Å²) in [6, 6.07) is 1.61. The van der Waals surface area contributed by atoms with Gasteiger partial charge in [0.05, 0.1) is 18.6 Å². The summed E-state index contributed by atoms with van der Waals surface area (Å²) >= 11 is 0. The number of methoxy groups -OCH3 is 1. The smallest absolute Gasteiger partial charge is 0.331 e. The van der Waals surface area contributed by atoms with Gasteiger partial charge in [-0.15, -0.1) is 0 Å². The van der Waals surface area contributed by atoms with Crippen LogP contribution in [0.3, 0.4) is 0 Å². The van der Waals surface area contributed by atoms with Gasteiger partial charge in [-0.3, -0.25) is 4.18 Å². The summed E-state index contributed by atoms with van der Waals surface area (Å²) in [5.74, 6) is -0.818. The molecule has 0 bridgehead atoms. The Morgan fingerprint density at radius 1 is 1.60 bits per heavy atom. The number of carbonyl (C=O) groups excluding carboxylic acids is 1. The zero-order valence-corrected chi connectivity index (χ0v) is 8.78. The lowest BCUT2D eigenvalue weighted by atomic mass is 10.4. The lowest BCUT2D eigenvalue weighted by molar-refractivity contribution is -0.134. The first-order chi connectivity index (χ1) is 6.91. The minimum atomic E-state index is -3.99. The highest BCUT2D eigenvalue weighted by molar-refractivity contribution is 7.89. The maximum atomic E-state index is 11.0. The second-order valence-electron chi connectivity index (χ2n) is 2.30. The van der Waals surface area contributed by atoms with E-state index in [1.54, 1.807) is 6.07 Å². The molecule has 0 aliphatic rings. The average Bonchev–Trinajstić information content (AvgIpc) is 2.22. The first-order valence-corrected chi connectivity index (χ1v) is 5.12. The molecule has 0 aliphatic heterocycles. The molecule has 0 N–H and O–H groups in total. The summed E-state index contributed by atoms with van der Waals surface area (Å²) in [7, 11) is -2.88. The largest absolute Gasteiger partial charge is 0.466 e. The fourth-order valence-electron chi connectivity index (χ4n) is 0.432. The molecular formula is C8H9NO5S. The van der Waals surface area contributed by atoms with Gasteiger partial charge in [0, 0.05) is 11.6 Å². The predicted molar refractivity (Wildman–Crippen MR) is 50.8 cm³/mol. The van der Waals surface area contributed by atoms with Crippen molar-refractivity contribution in [2.75, 3.05) is 13.7 Å². The third-order valence-corrected chi connectivity index (χ3v) is 2.04. The molecule has 82 valence electrons. The SMILES string of the molecule is C=C(C#N)COS(=O)(=O)C=CC(=O)OC. The molecular weight excluding hydrogens is 222 g/mol. The highest BCUT2D eigenvalue weighted by Gasteiger charge is 2.08. The van der Waals surface area contributed by atoms with Gasteiger partial charge in [-0.1, -0.05) is 6.58 Å². The fourth-order valence-corrected chi connectivity index (χ4v) is 1.09. The minimum absolute atomic E-state index is 0.0370. The van der Waals surface area contributed by atoms with Crippen LogP contribution in [0.4, 0.5) is 0 Å². The van der Waals surface area contributed by atoms with Crippen LogP contribution in [0, 0.1) is 11.3 Å². The van der Waals surface area contributed by atoms with Gasteiger partial charge in [-0.25, -0.2) is 4.79 Å². The zero-order chi connectivity index (χ0) is 11.9. The van der Waals surface area contributed by atoms with Gasteiger partial charge in [0.2, 0.25) is 0 Å². The maximum Gasteiger partial charge on any atom is 0.331 e. The van der Waals surface area contributed by atoms with E-state index in [2.05, 4.69) is 15.5 Å². The van der Waals surface area contributed by atoms with Crippen LogP contribution >= 0.6 is 0 Å². The van der Waals surface area contributed by atoms with E-state index < -0.39 is 22.7 Å². The van der Waals surface area contributed by atoms with Crippen molar-refractivity contribution in [2.24, 2.45) is 0 Å². The number of carbonyl (C=O) groups is 1. The van der Waals surface area contributed by atoms with E-state index in [0.29, 0.717) is 11.5 Å². The first kappa shape index (κ1) is 13.4. The van der Waals surface area contributed by atoms with E-state index in [1.807, 2.05) is 0 Å². The standard InChI is InChI=1S/C8H9NO5S/c1-7(5-9)6-14-15(11,12)4-3-8(10)13-2/h3-4H,1,6H2,2H3. The maximum absolute atomic E-state index is 11.0. The summed E-state index contributed by atoms with van der Waals surface area (Å²) < 4.78 is 30.5. The molecule has 0 spiro atoms. The van der Waals surface area contributed by atoms with Crippen molar-refractivity contribution >= 4 is 16.1 Å². The number of hydrogen-bond donors (Lipinski definition) is 0. The number of nitrogens with zero attached hydrogens (tertiary/aromatic N) is 1. The summed E-state index contributed by atoms with van der Waals surface area (Å²) in [5, 5.41) is 8.82. The summed E-state index contributed by atoms with van der Waals surface area (Å²) in [6.45, 7) is 2.78. The van der Waals surface area contributed by atoms with Crippen molar-refractivity contribution in [1.29, 1.82) is 5.26 Å². The van der Waals surface area contributed by atoms with Gasteiger partial charge in [-0.2, -0.15) is 13.7 Å². The quantitative estimate of drug-likeness (QED) is 0.288. The number of hydrogen-bond acceptors (Lipinski definition) is 6. The molecule has 0 saturated heterocycles. The number of rotatable bonds is 5. The van der Waals surface area contributed by atoms with Crippen molar-refractivity contribution in [3.05, 3.63) is 23.6 Å². The van der Waals surface area contributed by atoms with Crippen LogP contribution < -0.4 is 0 Å². The third kappa shape index (κ3) is 6.42. The molecule has 6 nitrogen and oxygen atoms in total. The minimum Gasteiger partial charge on any atom is -0.466 e. The van der Waals surface area contributed by atoms with E-state index in [9.17, 15) is 13.2 Å². The molecule has 0 aromatic carbocycles. The Morgan fingerprint density at radius 3 is 2.67 bits per heavy atom. The topological polar surface area (TPSA) is 93.5 Å².